The van der Waals surface area contributed by atoms with Crippen LogP contribution in [0.2, 0.25) is 0 Å². The number of piperazine rings is 1. The molecular formula is C30H35N9O3. The van der Waals surface area contributed by atoms with Gasteiger partial charge in [0.25, 0.3) is 0 Å². The molecule has 5 rings (SSSR count). The normalized spacial score (nSPS) is 13.6. The van der Waals surface area contributed by atoms with E-state index in [2.05, 4.69) is 42.1 Å². The number of aryl methyl sites for hydroxylation is 1. The molecule has 0 unspecified atom stereocenters. The third-order valence-electron chi connectivity index (χ3n) is 7.30. The van der Waals surface area contributed by atoms with Gasteiger partial charge in [-0.3, -0.25) is 19.2 Å². The number of hydrogen-bond donors (Lipinski definition) is 2. The Morgan fingerprint density at radius 2 is 1.86 bits per heavy atom. The lowest BCUT2D eigenvalue weighted by Crippen LogP contribution is -2.49. The second-order valence-corrected chi connectivity index (χ2v) is 10.3. The SMILES string of the molecule is C=CC(=O)Nc1cc(Nc2cc(-c3ccc4c(cnn4C)c3)ncn2)c(OC)cc1N1CCN(CC(=O)N(C)C)CC1. The summed E-state index contributed by atoms with van der Waals surface area (Å²) in [4.78, 5) is 39.4. The summed E-state index contributed by atoms with van der Waals surface area (Å²) in [7, 11) is 7.04. The molecule has 218 valence electrons. The second-order valence-electron chi connectivity index (χ2n) is 10.3. The number of methoxy groups -OCH3 is 1. The molecule has 0 saturated carbocycles. The maximum Gasteiger partial charge on any atom is 0.247 e. The highest BCUT2D eigenvalue weighted by molar-refractivity contribution is 6.02. The molecule has 0 spiro atoms. The third kappa shape index (κ3) is 6.18. The zero-order valence-electron chi connectivity index (χ0n) is 24.3. The van der Waals surface area contributed by atoms with E-state index < -0.39 is 0 Å². The van der Waals surface area contributed by atoms with Crippen LogP contribution in [0.5, 0.6) is 5.75 Å². The van der Waals surface area contributed by atoms with Crippen LogP contribution in [0.1, 0.15) is 0 Å². The number of amides is 2. The van der Waals surface area contributed by atoms with Crippen molar-refractivity contribution in [3.63, 3.8) is 0 Å². The van der Waals surface area contributed by atoms with Crippen LogP contribution in [-0.4, -0.2) is 95.3 Å². The van der Waals surface area contributed by atoms with Crippen LogP contribution < -0.4 is 20.3 Å². The molecule has 0 radical (unpaired) electrons. The van der Waals surface area contributed by atoms with Crippen LogP contribution >= 0.6 is 0 Å². The van der Waals surface area contributed by atoms with Gasteiger partial charge in [0.05, 0.1) is 48.1 Å². The highest BCUT2D eigenvalue weighted by Gasteiger charge is 2.24. The van der Waals surface area contributed by atoms with E-state index >= 15 is 0 Å². The quantitative estimate of drug-likeness (QED) is 0.293. The number of likely N-dealkylation sites (N-methyl/N-ethyl adjacent to an activating group) is 1. The zero-order chi connectivity index (χ0) is 29.8. The number of aromatic nitrogens is 4. The van der Waals surface area contributed by atoms with Gasteiger partial charge in [-0.05, 0) is 24.3 Å². The summed E-state index contributed by atoms with van der Waals surface area (Å²) in [6, 6.07) is 11.7. The number of ether oxygens (including phenoxy) is 1. The van der Waals surface area contributed by atoms with Crippen molar-refractivity contribution in [1.82, 2.24) is 29.5 Å². The van der Waals surface area contributed by atoms with Gasteiger partial charge in [0.15, 0.2) is 0 Å². The fourth-order valence-electron chi connectivity index (χ4n) is 4.91. The first-order chi connectivity index (χ1) is 20.2. The lowest BCUT2D eigenvalue weighted by molar-refractivity contribution is -0.130. The number of hydrogen-bond acceptors (Lipinski definition) is 9. The molecule has 0 atom stereocenters. The lowest BCUT2D eigenvalue weighted by Gasteiger charge is -2.37. The van der Waals surface area contributed by atoms with Crippen molar-refractivity contribution in [1.29, 1.82) is 0 Å². The predicted octanol–water partition coefficient (Wildman–Crippen LogP) is 3.12. The van der Waals surface area contributed by atoms with Crippen molar-refractivity contribution >= 4 is 45.6 Å². The third-order valence-corrected chi connectivity index (χ3v) is 7.30. The van der Waals surface area contributed by atoms with Crippen molar-refractivity contribution < 1.29 is 14.3 Å². The average molecular weight is 570 g/mol. The first-order valence-corrected chi connectivity index (χ1v) is 13.6. The lowest BCUT2D eigenvalue weighted by atomic mass is 10.1. The molecule has 1 aliphatic rings. The first kappa shape index (κ1) is 28.6. The molecular weight excluding hydrogens is 534 g/mol. The maximum atomic E-state index is 12.4. The summed E-state index contributed by atoms with van der Waals surface area (Å²) >= 11 is 0. The van der Waals surface area contributed by atoms with Gasteiger partial charge < -0.3 is 25.2 Å². The molecule has 1 aliphatic heterocycles. The number of nitrogens with zero attached hydrogens (tertiary/aromatic N) is 7. The van der Waals surface area contributed by atoms with Crippen LogP contribution in [0.4, 0.5) is 22.9 Å². The fourth-order valence-corrected chi connectivity index (χ4v) is 4.91. The Hall–Kier alpha value is -4.97. The summed E-state index contributed by atoms with van der Waals surface area (Å²) < 4.78 is 7.60. The number of fused-ring (bicyclic) bond motifs is 1. The van der Waals surface area contributed by atoms with Gasteiger partial charge >= 0.3 is 0 Å². The van der Waals surface area contributed by atoms with E-state index in [9.17, 15) is 9.59 Å². The van der Waals surface area contributed by atoms with Crippen molar-refractivity contribution in [2.75, 3.05) is 69.5 Å². The molecule has 2 N–H and O–H groups in total. The largest absolute Gasteiger partial charge is 0.494 e. The van der Waals surface area contributed by atoms with Gasteiger partial charge in [0, 0.05) is 70.4 Å². The highest BCUT2D eigenvalue weighted by atomic mass is 16.5. The second kappa shape index (κ2) is 12.3. The minimum atomic E-state index is -0.322. The van der Waals surface area contributed by atoms with Crippen LogP contribution in [0.3, 0.4) is 0 Å². The average Bonchev–Trinajstić information content (AvgIpc) is 3.37. The van der Waals surface area contributed by atoms with Crippen molar-refractivity contribution in [3.8, 4) is 17.0 Å². The molecule has 0 aliphatic carbocycles. The van der Waals surface area contributed by atoms with E-state index in [1.165, 1.54) is 12.4 Å². The Morgan fingerprint density at radius 3 is 2.57 bits per heavy atom. The number of rotatable bonds is 9. The first-order valence-electron chi connectivity index (χ1n) is 13.6. The minimum absolute atomic E-state index is 0.0741. The van der Waals surface area contributed by atoms with E-state index in [1.54, 1.807) is 26.1 Å². The number of carbonyl (C=O) groups is 2. The van der Waals surface area contributed by atoms with Gasteiger partial charge in [0.1, 0.15) is 17.9 Å². The standard InChI is InChI=1S/C30H35N9O3/c1-6-29(40)35-23-14-24(27(42-5)16-26(23)39-11-9-38(10-12-39)18-30(41)36(2)3)34-28-15-22(31-19-32-28)20-7-8-25-21(13-20)17-33-37(25)4/h6-8,13-17,19H,1,9-12,18H2,2-5H3,(H,35,40)(H,31,32,34). The summed E-state index contributed by atoms with van der Waals surface area (Å²) in [5.74, 6) is 0.906. The molecule has 3 heterocycles. The predicted molar refractivity (Wildman–Crippen MR) is 164 cm³/mol. The molecule has 1 fully saturated rings. The van der Waals surface area contributed by atoms with Gasteiger partial charge in [0.2, 0.25) is 11.8 Å². The molecule has 2 amide bonds. The summed E-state index contributed by atoms with van der Waals surface area (Å²) in [6.45, 7) is 6.78. The smallest absolute Gasteiger partial charge is 0.247 e. The van der Waals surface area contributed by atoms with Crippen LogP contribution in [-0.2, 0) is 16.6 Å². The van der Waals surface area contributed by atoms with Gasteiger partial charge in [-0.25, -0.2) is 9.97 Å². The minimum Gasteiger partial charge on any atom is -0.494 e. The van der Waals surface area contributed by atoms with Crippen LogP contribution in [0.15, 0.2) is 61.6 Å². The van der Waals surface area contributed by atoms with Gasteiger partial charge in [-0.1, -0.05) is 12.6 Å². The monoisotopic (exact) mass is 569 g/mol. The van der Waals surface area contributed by atoms with Gasteiger partial charge in [-0.15, -0.1) is 0 Å². The maximum absolute atomic E-state index is 12.4. The Balaban J connectivity index is 1.41. The number of nitrogens with one attached hydrogen (secondary N) is 2. The van der Waals surface area contributed by atoms with Crippen molar-refractivity contribution in [2.24, 2.45) is 7.05 Å². The van der Waals surface area contributed by atoms with E-state index in [4.69, 9.17) is 4.74 Å². The molecule has 4 aromatic rings. The summed E-state index contributed by atoms with van der Waals surface area (Å²) in [5, 5.41) is 11.6. The topological polar surface area (TPSA) is 121 Å². The van der Waals surface area contributed by atoms with E-state index in [0.717, 1.165) is 27.8 Å². The molecule has 2 aromatic carbocycles. The van der Waals surface area contributed by atoms with Crippen molar-refractivity contribution in [3.05, 3.63) is 61.6 Å². The van der Waals surface area contributed by atoms with Crippen LogP contribution in [0.25, 0.3) is 22.2 Å². The summed E-state index contributed by atoms with van der Waals surface area (Å²) in [5.41, 5.74) is 4.78. The number of benzene rings is 2. The Labute approximate surface area is 244 Å². The molecule has 12 nitrogen and oxygen atoms in total. The fraction of sp³-hybridized carbons (Fsp3) is 0.300. The Morgan fingerprint density at radius 1 is 1.07 bits per heavy atom. The summed E-state index contributed by atoms with van der Waals surface area (Å²) in [6.07, 6.45) is 4.57. The Bertz CT molecular complexity index is 1620. The Kier molecular flexibility index (Phi) is 8.34. The molecule has 1 saturated heterocycles. The molecule has 2 aromatic heterocycles. The van der Waals surface area contributed by atoms with E-state index in [1.807, 2.05) is 54.3 Å². The molecule has 12 heteroatoms. The number of carbonyl (C=O) groups excluding carboxylic acids is 2. The van der Waals surface area contributed by atoms with Crippen LogP contribution in [0, 0.1) is 0 Å². The highest BCUT2D eigenvalue weighted by Crippen LogP contribution is 2.39. The molecule has 0 bridgehead atoms. The van der Waals surface area contributed by atoms with E-state index in [0.29, 0.717) is 55.7 Å². The number of anilines is 4. The van der Waals surface area contributed by atoms with E-state index in [-0.39, 0.29) is 11.8 Å². The molecule has 42 heavy (non-hydrogen) atoms. The van der Waals surface area contributed by atoms with Gasteiger partial charge in [-0.2, -0.15) is 5.10 Å². The zero-order valence-corrected chi connectivity index (χ0v) is 24.3. The van der Waals surface area contributed by atoms with Crippen molar-refractivity contribution in [2.45, 2.75) is 0 Å².